The van der Waals surface area contributed by atoms with Gasteiger partial charge in [0.25, 0.3) is 5.91 Å². The lowest BCUT2D eigenvalue weighted by atomic mass is 10.1. The molecule has 1 aliphatic heterocycles. The lowest BCUT2D eigenvalue weighted by molar-refractivity contribution is -0.117. The Morgan fingerprint density at radius 3 is 2.50 bits per heavy atom. The highest BCUT2D eigenvalue weighted by atomic mass is 19.1. The quantitative estimate of drug-likeness (QED) is 0.787. The molecule has 1 fully saturated rings. The maximum absolute atomic E-state index is 13.1. The molecule has 130 valence electrons. The molecule has 5 heteroatoms. The van der Waals surface area contributed by atoms with Crippen LogP contribution in [0.2, 0.25) is 0 Å². The van der Waals surface area contributed by atoms with Crippen LogP contribution < -0.4 is 10.2 Å². The molecule has 0 spiro atoms. The Labute approximate surface area is 150 Å². The maximum atomic E-state index is 13.1. The first-order chi connectivity index (χ1) is 12.6. The molecule has 0 aliphatic carbocycles. The van der Waals surface area contributed by atoms with Crippen molar-refractivity contribution in [3.8, 4) is 0 Å². The van der Waals surface area contributed by atoms with Crippen molar-refractivity contribution in [3.05, 3.63) is 78.1 Å². The highest BCUT2D eigenvalue weighted by molar-refractivity contribution is 6.00. The molecule has 0 aromatic heterocycles. The summed E-state index contributed by atoms with van der Waals surface area (Å²) in [6.07, 6.45) is 0.233. The number of hydrogen-bond donors (Lipinski definition) is 1. The summed E-state index contributed by atoms with van der Waals surface area (Å²) in [7, 11) is 0. The van der Waals surface area contributed by atoms with Crippen molar-refractivity contribution in [2.75, 3.05) is 11.4 Å². The molecule has 0 saturated carbocycles. The first-order valence-electron chi connectivity index (χ1n) is 8.46. The standard InChI is InChI=1S/C21H17FN2O2/c22-17-7-9-19(10-8-17)24-13-18(12-20(24)25)23-21(26)16-6-5-14-3-1-2-4-15(14)11-16/h1-11,18H,12-13H2,(H,23,26)/t18-/m0/s1. The maximum Gasteiger partial charge on any atom is 0.251 e. The van der Waals surface area contributed by atoms with Gasteiger partial charge in [0, 0.05) is 24.2 Å². The Morgan fingerprint density at radius 1 is 1.00 bits per heavy atom. The van der Waals surface area contributed by atoms with E-state index in [1.54, 1.807) is 23.1 Å². The second kappa shape index (κ2) is 6.59. The van der Waals surface area contributed by atoms with E-state index in [4.69, 9.17) is 0 Å². The molecular formula is C21H17FN2O2. The van der Waals surface area contributed by atoms with Crippen LogP contribution in [-0.2, 0) is 4.79 Å². The first kappa shape index (κ1) is 16.3. The van der Waals surface area contributed by atoms with Gasteiger partial charge < -0.3 is 10.2 Å². The van der Waals surface area contributed by atoms with E-state index in [2.05, 4.69) is 5.32 Å². The third kappa shape index (κ3) is 3.16. The van der Waals surface area contributed by atoms with Crippen molar-refractivity contribution >= 4 is 28.3 Å². The topological polar surface area (TPSA) is 49.4 Å². The minimum Gasteiger partial charge on any atom is -0.347 e. The van der Waals surface area contributed by atoms with Gasteiger partial charge in [-0.25, -0.2) is 4.39 Å². The monoisotopic (exact) mass is 348 g/mol. The SMILES string of the molecule is O=C(N[C@H]1CC(=O)N(c2ccc(F)cc2)C1)c1ccc2ccccc2c1. The summed E-state index contributed by atoms with van der Waals surface area (Å²) in [6, 6.07) is 18.9. The second-order valence-corrected chi connectivity index (χ2v) is 6.42. The first-order valence-corrected chi connectivity index (χ1v) is 8.46. The minimum absolute atomic E-state index is 0.0829. The summed E-state index contributed by atoms with van der Waals surface area (Å²) in [5, 5.41) is 4.99. The Kier molecular flexibility index (Phi) is 4.13. The van der Waals surface area contributed by atoms with E-state index in [0.29, 0.717) is 17.8 Å². The van der Waals surface area contributed by atoms with Gasteiger partial charge >= 0.3 is 0 Å². The number of anilines is 1. The van der Waals surface area contributed by atoms with E-state index >= 15 is 0 Å². The van der Waals surface area contributed by atoms with Gasteiger partial charge in [0.15, 0.2) is 0 Å². The molecule has 3 aromatic rings. The lowest BCUT2D eigenvalue weighted by Gasteiger charge is -2.17. The third-order valence-corrected chi connectivity index (χ3v) is 4.61. The van der Waals surface area contributed by atoms with Crippen molar-refractivity contribution in [1.82, 2.24) is 5.32 Å². The normalized spacial score (nSPS) is 16.9. The number of carbonyl (C=O) groups excluding carboxylic acids is 2. The van der Waals surface area contributed by atoms with Gasteiger partial charge in [-0.3, -0.25) is 9.59 Å². The summed E-state index contributed by atoms with van der Waals surface area (Å²) >= 11 is 0. The summed E-state index contributed by atoms with van der Waals surface area (Å²) in [6.45, 7) is 0.379. The number of nitrogens with zero attached hydrogens (tertiary/aromatic N) is 1. The number of nitrogens with one attached hydrogen (secondary N) is 1. The zero-order valence-corrected chi connectivity index (χ0v) is 14.0. The van der Waals surface area contributed by atoms with E-state index in [1.165, 1.54) is 12.1 Å². The number of benzene rings is 3. The van der Waals surface area contributed by atoms with E-state index in [-0.39, 0.29) is 30.1 Å². The predicted molar refractivity (Wildman–Crippen MR) is 98.6 cm³/mol. The molecular weight excluding hydrogens is 331 g/mol. The molecule has 3 aromatic carbocycles. The van der Waals surface area contributed by atoms with E-state index in [9.17, 15) is 14.0 Å². The Balaban J connectivity index is 1.47. The molecule has 1 heterocycles. The van der Waals surface area contributed by atoms with Crippen LogP contribution in [0.1, 0.15) is 16.8 Å². The highest BCUT2D eigenvalue weighted by Crippen LogP contribution is 2.22. The Hall–Kier alpha value is -3.21. The largest absolute Gasteiger partial charge is 0.347 e. The molecule has 0 bridgehead atoms. The Morgan fingerprint density at radius 2 is 1.73 bits per heavy atom. The minimum atomic E-state index is -0.346. The number of halogens is 1. The Bertz CT molecular complexity index is 985. The van der Waals surface area contributed by atoms with Crippen LogP contribution in [0.5, 0.6) is 0 Å². The van der Waals surface area contributed by atoms with Crippen LogP contribution in [0.25, 0.3) is 10.8 Å². The molecule has 0 unspecified atom stereocenters. The van der Waals surface area contributed by atoms with Crippen molar-refractivity contribution < 1.29 is 14.0 Å². The van der Waals surface area contributed by atoms with Crippen LogP contribution in [0.15, 0.2) is 66.7 Å². The van der Waals surface area contributed by atoms with E-state index < -0.39 is 0 Å². The third-order valence-electron chi connectivity index (χ3n) is 4.61. The van der Waals surface area contributed by atoms with Gasteiger partial charge in [-0.15, -0.1) is 0 Å². The highest BCUT2D eigenvalue weighted by Gasteiger charge is 2.31. The van der Waals surface area contributed by atoms with Gasteiger partial charge in [0.2, 0.25) is 5.91 Å². The molecule has 26 heavy (non-hydrogen) atoms. The molecule has 4 nitrogen and oxygen atoms in total. The van der Waals surface area contributed by atoms with Crippen molar-refractivity contribution in [2.24, 2.45) is 0 Å². The van der Waals surface area contributed by atoms with Gasteiger partial charge in [-0.2, -0.15) is 0 Å². The fourth-order valence-corrected chi connectivity index (χ4v) is 3.27. The smallest absolute Gasteiger partial charge is 0.251 e. The van der Waals surface area contributed by atoms with E-state index in [0.717, 1.165) is 10.8 Å². The van der Waals surface area contributed by atoms with Crippen LogP contribution >= 0.6 is 0 Å². The molecule has 4 rings (SSSR count). The zero-order chi connectivity index (χ0) is 18.1. The summed E-state index contributed by atoms with van der Waals surface area (Å²) in [5.41, 5.74) is 1.20. The van der Waals surface area contributed by atoms with Crippen molar-refractivity contribution in [3.63, 3.8) is 0 Å². The molecule has 1 saturated heterocycles. The average Bonchev–Trinajstić information content (AvgIpc) is 3.02. The molecule has 1 atom stereocenters. The second-order valence-electron chi connectivity index (χ2n) is 6.42. The molecule has 1 N–H and O–H groups in total. The molecule has 0 radical (unpaired) electrons. The molecule has 1 aliphatic rings. The van der Waals surface area contributed by atoms with Gasteiger partial charge in [0.05, 0.1) is 6.04 Å². The average molecular weight is 348 g/mol. The number of amides is 2. The van der Waals surface area contributed by atoms with E-state index in [1.807, 2.05) is 36.4 Å². The van der Waals surface area contributed by atoms with Crippen molar-refractivity contribution in [2.45, 2.75) is 12.5 Å². The number of hydrogen-bond acceptors (Lipinski definition) is 2. The fourth-order valence-electron chi connectivity index (χ4n) is 3.27. The molecule has 2 amide bonds. The van der Waals surface area contributed by atoms with Crippen molar-refractivity contribution in [1.29, 1.82) is 0 Å². The summed E-state index contributed by atoms with van der Waals surface area (Å²) < 4.78 is 13.1. The van der Waals surface area contributed by atoms with Crippen LogP contribution in [0, 0.1) is 5.82 Å². The van der Waals surface area contributed by atoms with Crippen LogP contribution in [0.3, 0.4) is 0 Å². The number of rotatable bonds is 3. The van der Waals surface area contributed by atoms with Gasteiger partial charge in [0.1, 0.15) is 5.82 Å². The summed E-state index contributed by atoms with van der Waals surface area (Å²) in [5.74, 6) is -0.628. The summed E-state index contributed by atoms with van der Waals surface area (Å²) in [4.78, 5) is 26.4. The number of fused-ring (bicyclic) bond motifs is 1. The predicted octanol–water partition coefficient (Wildman–Crippen LogP) is 3.51. The van der Waals surface area contributed by atoms with Gasteiger partial charge in [-0.1, -0.05) is 30.3 Å². The van der Waals surface area contributed by atoms with Crippen LogP contribution in [-0.4, -0.2) is 24.4 Å². The fraction of sp³-hybridized carbons (Fsp3) is 0.143. The number of carbonyl (C=O) groups is 2. The zero-order valence-electron chi connectivity index (χ0n) is 14.0. The lowest BCUT2D eigenvalue weighted by Crippen LogP contribution is -2.37. The van der Waals surface area contributed by atoms with Crippen LogP contribution in [0.4, 0.5) is 10.1 Å². The van der Waals surface area contributed by atoms with Gasteiger partial charge in [-0.05, 0) is 47.2 Å².